The molecular weight excluding hydrogens is 314 g/mol. The maximum Gasteiger partial charge on any atom is 0.243 e. The Bertz CT molecular complexity index is 844. The first-order valence-corrected chi connectivity index (χ1v) is 8.29. The highest BCUT2D eigenvalue weighted by atomic mass is 16.2. The molecule has 2 aromatic carbocycles. The van der Waals surface area contributed by atoms with Crippen molar-refractivity contribution >= 4 is 5.91 Å². The Morgan fingerprint density at radius 1 is 1.12 bits per heavy atom. The third-order valence-corrected chi connectivity index (χ3v) is 4.10. The van der Waals surface area contributed by atoms with Crippen molar-refractivity contribution in [2.75, 3.05) is 6.54 Å². The zero-order chi connectivity index (χ0) is 17.6. The van der Waals surface area contributed by atoms with Gasteiger partial charge in [-0.15, -0.1) is 10.2 Å². The summed E-state index contributed by atoms with van der Waals surface area (Å²) in [5.74, 6) is 0.649. The van der Waals surface area contributed by atoms with Gasteiger partial charge in [0, 0.05) is 12.1 Å². The van der Waals surface area contributed by atoms with Gasteiger partial charge < -0.3 is 5.32 Å². The van der Waals surface area contributed by atoms with Crippen LogP contribution in [0.2, 0.25) is 0 Å². The smallest absolute Gasteiger partial charge is 0.243 e. The molecule has 6 heteroatoms. The molecule has 3 rings (SSSR count). The highest BCUT2D eigenvalue weighted by Gasteiger charge is 2.12. The molecule has 1 N–H and O–H groups in total. The van der Waals surface area contributed by atoms with Gasteiger partial charge in [0.15, 0.2) is 0 Å². The minimum absolute atomic E-state index is 0.0559. The minimum atomic E-state index is -0.128. The maximum atomic E-state index is 12.1. The lowest BCUT2D eigenvalue weighted by Gasteiger charge is -2.12. The Hall–Kier alpha value is -3.02. The second-order valence-corrected chi connectivity index (χ2v) is 6.07. The van der Waals surface area contributed by atoms with Crippen LogP contribution in [-0.2, 0) is 11.3 Å². The number of hydrogen-bond donors (Lipinski definition) is 1. The molecule has 0 aliphatic rings. The predicted molar refractivity (Wildman–Crippen MR) is 95.9 cm³/mol. The Kier molecular flexibility index (Phi) is 5.18. The number of aromatic nitrogens is 4. The molecule has 0 aliphatic carbocycles. The number of amides is 1. The molecular formula is C19H21N5O. The molecule has 3 aromatic rings. The van der Waals surface area contributed by atoms with E-state index in [2.05, 4.69) is 39.8 Å². The fourth-order valence-corrected chi connectivity index (χ4v) is 2.59. The largest absolute Gasteiger partial charge is 0.354 e. The second-order valence-electron chi connectivity index (χ2n) is 6.07. The van der Waals surface area contributed by atoms with Crippen molar-refractivity contribution in [3.63, 3.8) is 0 Å². The van der Waals surface area contributed by atoms with Crippen LogP contribution in [0.4, 0.5) is 0 Å². The van der Waals surface area contributed by atoms with Gasteiger partial charge in [0.2, 0.25) is 11.7 Å². The van der Waals surface area contributed by atoms with Crippen LogP contribution in [0, 0.1) is 6.92 Å². The summed E-state index contributed by atoms with van der Waals surface area (Å²) in [6, 6.07) is 17.9. The average molecular weight is 335 g/mol. The fraction of sp³-hybridized carbons (Fsp3) is 0.263. The molecule has 0 fully saturated rings. The van der Waals surface area contributed by atoms with E-state index in [1.165, 1.54) is 10.4 Å². The van der Waals surface area contributed by atoms with Crippen LogP contribution < -0.4 is 5.32 Å². The van der Waals surface area contributed by atoms with Gasteiger partial charge in [-0.1, -0.05) is 61.5 Å². The summed E-state index contributed by atoms with van der Waals surface area (Å²) in [5.41, 5.74) is 3.19. The van der Waals surface area contributed by atoms with Crippen molar-refractivity contribution in [1.82, 2.24) is 25.5 Å². The SMILES string of the molecule is Cc1ccccc1-c1nnn(CC(=O)NC[C@H](C)c2ccccc2)n1. The molecule has 1 heterocycles. The van der Waals surface area contributed by atoms with Crippen molar-refractivity contribution in [3.05, 3.63) is 65.7 Å². The summed E-state index contributed by atoms with van der Waals surface area (Å²) in [5, 5.41) is 15.2. The number of nitrogens with zero attached hydrogens (tertiary/aromatic N) is 4. The molecule has 25 heavy (non-hydrogen) atoms. The Morgan fingerprint density at radius 3 is 2.60 bits per heavy atom. The molecule has 1 aromatic heterocycles. The first-order chi connectivity index (χ1) is 12.1. The van der Waals surface area contributed by atoms with Crippen LogP contribution in [0.5, 0.6) is 0 Å². The minimum Gasteiger partial charge on any atom is -0.354 e. The second kappa shape index (κ2) is 7.70. The maximum absolute atomic E-state index is 12.1. The summed E-state index contributed by atoms with van der Waals surface area (Å²) in [4.78, 5) is 13.4. The standard InChI is InChI=1S/C19H21N5O/c1-14-8-6-7-11-17(14)19-21-23-24(22-19)13-18(25)20-12-15(2)16-9-4-3-5-10-16/h3-11,15H,12-13H2,1-2H3,(H,20,25)/t15-/m0/s1. The van der Waals surface area contributed by atoms with E-state index in [0.29, 0.717) is 12.4 Å². The number of carbonyl (C=O) groups is 1. The van der Waals surface area contributed by atoms with E-state index in [1.54, 1.807) is 0 Å². The van der Waals surface area contributed by atoms with Gasteiger partial charge in [-0.3, -0.25) is 4.79 Å². The third kappa shape index (κ3) is 4.29. The average Bonchev–Trinajstić information content (AvgIpc) is 3.09. The van der Waals surface area contributed by atoms with E-state index in [-0.39, 0.29) is 18.4 Å². The molecule has 1 atom stereocenters. The molecule has 0 aliphatic heterocycles. The van der Waals surface area contributed by atoms with Crippen molar-refractivity contribution in [1.29, 1.82) is 0 Å². The highest BCUT2D eigenvalue weighted by molar-refractivity contribution is 5.75. The number of nitrogens with one attached hydrogen (secondary N) is 1. The molecule has 0 saturated heterocycles. The summed E-state index contributed by atoms with van der Waals surface area (Å²) in [6.07, 6.45) is 0. The summed E-state index contributed by atoms with van der Waals surface area (Å²) in [6.45, 7) is 4.70. The molecule has 128 valence electrons. The highest BCUT2D eigenvalue weighted by Crippen LogP contribution is 2.17. The molecule has 0 radical (unpaired) electrons. The Balaban J connectivity index is 1.56. The number of hydrogen-bond acceptors (Lipinski definition) is 4. The van der Waals surface area contributed by atoms with Gasteiger partial charge in [-0.05, 0) is 29.2 Å². The van der Waals surface area contributed by atoms with Gasteiger partial charge in [-0.25, -0.2) is 0 Å². The first kappa shape index (κ1) is 16.8. The quantitative estimate of drug-likeness (QED) is 0.751. The fourth-order valence-electron chi connectivity index (χ4n) is 2.59. The first-order valence-electron chi connectivity index (χ1n) is 8.29. The van der Waals surface area contributed by atoms with Crippen LogP contribution in [0.25, 0.3) is 11.4 Å². The van der Waals surface area contributed by atoms with E-state index in [4.69, 9.17) is 0 Å². The van der Waals surface area contributed by atoms with Crippen molar-refractivity contribution < 1.29 is 4.79 Å². The zero-order valence-electron chi connectivity index (χ0n) is 14.4. The topological polar surface area (TPSA) is 72.7 Å². The molecule has 0 spiro atoms. The summed E-state index contributed by atoms with van der Waals surface area (Å²) < 4.78 is 0. The molecule has 0 bridgehead atoms. The van der Waals surface area contributed by atoms with Crippen LogP contribution in [0.15, 0.2) is 54.6 Å². The van der Waals surface area contributed by atoms with Crippen LogP contribution >= 0.6 is 0 Å². The number of benzene rings is 2. The summed E-state index contributed by atoms with van der Waals surface area (Å²) in [7, 11) is 0. The molecule has 1 amide bonds. The van der Waals surface area contributed by atoms with Crippen molar-refractivity contribution in [3.8, 4) is 11.4 Å². The zero-order valence-corrected chi connectivity index (χ0v) is 14.4. The Labute approximate surface area is 146 Å². The number of aryl methyl sites for hydroxylation is 1. The van der Waals surface area contributed by atoms with E-state index < -0.39 is 0 Å². The predicted octanol–water partition coefficient (Wildman–Crippen LogP) is 2.57. The van der Waals surface area contributed by atoms with Gasteiger partial charge >= 0.3 is 0 Å². The number of tetrazole rings is 1. The van der Waals surface area contributed by atoms with Gasteiger partial charge in [-0.2, -0.15) is 4.80 Å². The molecule has 6 nitrogen and oxygen atoms in total. The van der Waals surface area contributed by atoms with Crippen molar-refractivity contribution in [2.45, 2.75) is 26.3 Å². The third-order valence-electron chi connectivity index (χ3n) is 4.10. The Morgan fingerprint density at radius 2 is 1.84 bits per heavy atom. The molecule has 0 saturated carbocycles. The van der Waals surface area contributed by atoms with Gasteiger partial charge in [0.25, 0.3) is 0 Å². The van der Waals surface area contributed by atoms with Crippen LogP contribution in [-0.4, -0.2) is 32.7 Å². The van der Waals surface area contributed by atoms with Gasteiger partial charge in [0.05, 0.1) is 0 Å². The van der Waals surface area contributed by atoms with E-state index in [1.807, 2.05) is 49.4 Å². The van der Waals surface area contributed by atoms with Crippen molar-refractivity contribution in [2.24, 2.45) is 0 Å². The molecule has 0 unspecified atom stereocenters. The lowest BCUT2D eigenvalue weighted by molar-refractivity contribution is -0.122. The summed E-state index contributed by atoms with van der Waals surface area (Å²) >= 11 is 0. The van der Waals surface area contributed by atoms with Crippen LogP contribution in [0.3, 0.4) is 0 Å². The number of carbonyl (C=O) groups excluding carboxylic acids is 1. The van der Waals surface area contributed by atoms with E-state index in [0.717, 1.165) is 11.1 Å². The van der Waals surface area contributed by atoms with Gasteiger partial charge in [0.1, 0.15) is 6.54 Å². The lowest BCUT2D eigenvalue weighted by atomic mass is 10.0. The lowest BCUT2D eigenvalue weighted by Crippen LogP contribution is -2.31. The number of rotatable bonds is 6. The van der Waals surface area contributed by atoms with Crippen LogP contribution in [0.1, 0.15) is 24.0 Å². The van der Waals surface area contributed by atoms with E-state index >= 15 is 0 Å². The normalized spacial score (nSPS) is 11.9. The van der Waals surface area contributed by atoms with E-state index in [9.17, 15) is 4.79 Å². The monoisotopic (exact) mass is 335 g/mol.